The van der Waals surface area contributed by atoms with Crippen molar-refractivity contribution >= 4 is 5.82 Å². The van der Waals surface area contributed by atoms with E-state index in [-0.39, 0.29) is 11.0 Å². The van der Waals surface area contributed by atoms with E-state index in [1.54, 1.807) is 17.0 Å². The highest BCUT2D eigenvalue weighted by atomic mass is 16.1. The van der Waals surface area contributed by atoms with Crippen LogP contribution in [0.5, 0.6) is 0 Å². The Kier molecular flexibility index (Phi) is 5.04. The Balaban J connectivity index is 2.02. The molecule has 5 heteroatoms. The van der Waals surface area contributed by atoms with Gasteiger partial charge in [0, 0.05) is 25.5 Å². The predicted molar refractivity (Wildman–Crippen MR) is 86.7 cm³/mol. The Morgan fingerprint density at radius 1 is 1.38 bits per heavy atom. The van der Waals surface area contributed by atoms with Gasteiger partial charge in [-0.05, 0) is 44.3 Å². The molecule has 2 heterocycles. The van der Waals surface area contributed by atoms with Crippen molar-refractivity contribution in [3.63, 3.8) is 0 Å². The quantitative estimate of drug-likeness (QED) is 0.902. The van der Waals surface area contributed by atoms with Crippen molar-refractivity contribution in [2.45, 2.75) is 40.2 Å². The van der Waals surface area contributed by atoms with Gasteiger partial charge in [0.05, 0.1) is 0 Å². The van der Waals surface area contributed by atoms with E-state index in [2.05, 4.69) is 43.0 Å². The molecule has 0 unspecified atom stereocenters. The van der Waals surface area contributed by atoms with Crippen molar-refractivity contribution in [2.75, 3.05) is 32.0 Å². The summed E-state index contributed by atoms with van der Waals surface area (Å²) in [4.78, 5) is 18.9. The van der Waals surface area contributed by atoms with Crippen molar-refractivity contribution in [3.8, 4) is 0 Å². The largest absolute Gasteiger partial charge is 0.365 e. The molecule has 1 saturated heterocycles. The lowest BCUT2D eigenvalue weighted by Crippen LogP contribution is -2.40. The molecule has 0 amide bonds. The fourth-order valence-corrected chi connectivity index (χ4v) is 2.74. The zero-order valence-corrected chi connectivity index (χ0v) is 13.7. The summed E-state index contributed by atoms with van der Waals surface area (Å²) in [5, 5.41) is 3.29. The summed E-state index contributed by atoms with van der Waals surface area (Å²) in [6.45, 7) is 10.3. The summed E-state index contributed by atoms with van der Waals surface area (Å²) in [7, 11) is 2.16. The number of anilines is 1. The van der Waals surface area contributed by atoms with E-state index in [1.165, 1.54) is 0 Å². The van der Waals surface area contributed by atoms with Crippen LogP contribution in [0.15, 0.2) is 17.2 Å². The minimum Gasteiger partial charge on any atom is -0.365 e. The second kappa shape index (κ2) is 6.60. The Bertz CT molecular complexity index is 515. The third-order valence-electron chi connectivity index (χ3n) is 4.35. The van der Waals surface area contributed by atoms with Crippen LogP contribution in [0.2, 0.25) is 0 Å². The molecule has 0 bridgehead atoms. The molecule has 0 saturated carbocycles. The van der Waals surface area contributed by atoms with Gasteiger partial charge in [-0.15, -0.1) is 0 Å². The van der Waals surface area contributed by atoms with Crippen LogP contribution in [-0.4, -0.2) is 41.1 Å². The fourth-order valence-electron chi connectivity index (χ4n) is 2.74. The topological polar surface area (TPSA) is 50.2 Å². The van der Waals surface area contributed by atoms with Crippen molar-refractivity contribution < 1.29 is 0 Å². The molecular weight excluding hydrogens is 264 g/mol. The van der Waals surface area contributed by atoms with Crippen LogP contribution in [0.25, 0.3) is 0 Å². The molecule has 1 fully saturated rings. The van der Waals surface area contributed by atoms with Gasteiger partial charge in [-0.3, -0.25) is 4.79 Å². The highest BCUT2D eigenvalue weighted by Crippen LogP contribution is 2.30. The standard InChI is InChI=1S/C16H28N4O/c1-13(2)11-20-10-7-17-14(15(20)21)18-12-16(3)5-8-19(4)9-6-16/h7,10,13H,5-6,8-9,11-12H2,1-4H3,(H,17,18). The average molecular weight is 292 g/mol. The molecule has 0 spiro atoms. The van der Waals surface area contributed by atoms with E-state index in [4.69, 9.17) is 0 Å². The van der Waals surface area contributed by atoms with Gasteiger partial charge in [-0.25, -0.2) is 4.98 Å². The average Bonchev–Trinajstić information content (AvgIpc) is 2.43. The molecule has 118 valence electrons. The second-order valence-corrected chi connectivity index (χ2v) is 7.09. The van der Waals surface area contributed by atoms with Gasteiger partial charge >= 0.3 is 0 Å². The molecule has 0 aromatic carbocycles. The lowest BCUT2D eigenvalue weighted by atomic mass is 9.80. The lowest BCUT2D eigenvalue weighted by molar-refractivity contribution is 0.150. The van der Waals surface area contributed by atoms with Crippen LogP contribution in [0.1, 0.15) is 33.6 Å². The van der Waals surface area contributed by atoms with Crippen LogP contribution in [0, 0.1) is 11.3 Å². The third-order valence-corrected chi connectivity index (χ3v) is 4.35. The summed E-state index contributed by atoms with van der Waals surface area (Å²) in [5.41, 5.74) is 0.238. The molecular formula is C16H28N4O. The zero-order valence-electron chi connectivity index (χ0n) is 13.7. The van der Waals surface area contributed by atoms with E-state index < -0.39 is 0 Å². The maximum absolute atomic E-state index is 12.4. The van der Waals surface area contributed by atoms with E-state index in [0.717, 1.165) is 39.0 Å². The molecule has 0 radical (unpaired) electrons. The Morgan fingerprint density at radius 3 is 2.67 bits per heavy atom. The Morgan fingerprint density at radius 2 is 2.05 bits per heavy atom. The summed E-state index contributed by atoms with van der Waals surface area (Å²) >= 11 is 0. The Labute approximate surface area is 127 Å². The van der Waals surface area contributed by atoms with Gasteiger partial charge in [0.1, 0.15) is 0 Å². The van der Waals surface area contributed by atoms with E-state index in [1.807, 2.05) is 0 Å². The zero-order chi connectivity index (χ0) is 15.5. The first-order valence-corrected chi connectivity index (χ1v) is 7.87. The highest BCUT2D eigenvalue weighted by Gasteiger charge is 2.28. The van der Waals surface area contributed by atoms with E-state index in [0.29, 0.717) is 11.7 Å². The van der Waals surface area contributed by atoms with Crippen molar-refractivity contribution in [1.29, 1.82) is 0 Å². The summed E-state index contributed by atoms with van der Waals surface area (Å²) in [6.07, 6.45) is 5.79. The first-order valence-electron chi connectivity index (χ1n) is 7.87. The molecule has 1 aromatic rings. The fraction of sp³-hybridized carbons (Fsp3) is 0.750. The van der Waals surface area contributed by atoms with Crippen molar-refractivity contribution in [3.05, 3.63) is 22.7 Å². The van der Waals surface area contributed by atoms with Gasteiger partial charge in [0.2, 0.25) is 0 Å². The molecule has 5 nitrogen and oxygen atoms in total. The molecule has 1 aliphatic rings. The minimum absolute atomic E-state index is 0.0114. The number of piperidine rings is 1. The molecule has 1 N–H and O–H groups in total. The van der Waals surface area contributed by atoms with Crippen LogP contribution < -0.4 is 10.9 Å². The molecule has 1 aromatic heterocycles. The molecule has 0 aliphatic carbocycles. The van der Waals surface area contributed by atoms with Gasteiger partial charge < -0.3 is 14.8 Å². The molecule has 2 rings (SSSR count). The van der Waals surface area contributed by atoms with Crippen LogP contribution in [0.3, 0.4) is 0 Å². The van der Waals surface area contributed by atoms with Crippen LogP contribution >= 0.6 is 0 Å². The van der Waals surface area contributed by atoms with Crippen molar-refractivity contribution in [1.82, 2.24) is 14.5 Å². The highest BCUT2D eigenvalue weighted by molar-refractivity contribution is 5.31. The SMILES string of the molecule is CC(C)Cn1ccnc(NCC2(C)CCN(C)CC2)c1=O. The van der Waals surface area contributed by atoms with Gasteiger partial charge in [0.25, 0.3) is 5.56 Å². The monoisotopic (exact) mass is 292 g/mol. The van der Waals surface area contributed by atoms with Crippen LogP contribution in [-0.2, 0) is 6.54 Å². The number of rotatable bonds is 5. The summed E-state index contributed by atoms with van der Waals surface area (Å²) in [5.74, 6) is 0.933. The van der Waals surface area contributed by atoms with Gasteiger partial charge in [-0.1, -0.05) is 20.8 Å². The number of likely N-dealkylation sites (tertiary alicyclic amines) is 1. The molecule has 0 atom stereocenters. The van der Waals surface area contributed by atoms with E-state index >= 15 is 0 Å². The molecule has 21 heavy (non-hydrogen) atoms. The first kappa shape index (κ1) is 16.0. The van der Waals surface area contributed by atoms with Gasteiger partial charge in [0.15, 0.2) is 5.82 Å². The number of hydrogen-bond acceptors (Lipinski definition) is 4. The maximum Gasteiger partial charge on any atom is 0.293 e. The summed E-state index contributed by atoms with van der Waals surface area (Å²) in [6, 6.07) is 0. The number of nitrogens with one attached hydrogen (secondary N) is 1. The predicted octanol–water partition coefficient (Wildman–Crippen LogP) is 2.04. The number of hydrogen-bond donors (Lipinski definition) is 1. The Hall–Kier alpha value is -1.36. The third kappa shape index (κ3) is 4.30. The van der Waals surface area contributed by atoms with Gasteiger partial charge in [-0.2, -0.15) is 0 Å². The maximum atomic E-state index is 12.4. The number of nitrogens with zero attached hydrogens (tertiary/aromatic N) is 3. The lowest BCUT2D eigenvalue weighted by Gasteiger charge is -2.38. The second-order valence-electron chi connectivity index (χ2n) is 7.09. The molecule has 1 aliphatic heterocycles. The smallest absolute Gasteiger partial charge is 0.293 e. The van der Waals surface area contributed by atoms with Crippen LogP contribution in [0.4, 0.5) is 5.82 Å². The van der Waals surface area contributed by atoms with E-state index in [9.17, 15) is 4.79 Å². The van der Waals surface area contributed by atoms with Crippen molar-refractivity contribution in [2.24, 2.45) is 11.3 Å². The minimum atomic E-state index is -0.0114. The number of aromatic nitrogens is 2. The summed E-state index contributed by atoms with van der Waals surface area (Å²) < 4.78 is 1.75. The first-order chi connectivity index (χ1) is 9.89. The normalized spacial score (nSPS) is 18.9.